The van der Waals surface area contributed by atoms with Crippen LogP contribution in [0.25, 0.3) is 11.1 Å². The molecule has 6 aliphatic rings. The molecule has 0 atom stereocenters. The van der Waals surface area contributed by atoms with Crippen LogP contribution in [0, 0.1) is 0 Å². The van der Waals surface area contributed by atoms with Crippen LogP contribution in [-0.4, -0.2) is 17.0 Å². The third-order valence-corrected chi connectivity index (χ3v) is 8.15. The van der Waals surface area contributed by atoms with Gasteiger partial charge in [-0.1, -0.05) is 48.5 Å². The molecule has 8 rings (SSSR count). The van der Waals surface area contributed by atoms with E-state index in [0.29, 0.717) is 0 Å². The molecule has 0 radical (unpaired) electrons. The number of hydrogen-bond donors (Lipinski definition) is 0. The van der Waals surface area contributed by atoms with Crippen LogP contribution < -0.4 is 0 Å². The molecule has 25 heavy (non-hydrogen) atoms. The Morgan fingerprint density at radius 2 is 1.04 bits per heavy atom. The van der Waals surface area contributed by atoms with Crippen LogP contribution in [0.15, 0.2) is 48.5 Å². The first-order valence-corrected chi connectivity index (χ1v) is 9.55. The van der Waals surface area contributed by atoms with Gasteiger partial charge >= 0.3 is 0 Å². The molecule has 5 fully saturated rings. The fourth-order valence-corrected chi connectivity index (χ4v) is 7.98. The predicted octanol–water partition coefficient (Wildman–Crippen LogP) is 4.70. The van der Waals surface area contributed by atoms with Crippen molar-refractivity contribution in [2.45, 2.75) is 67.3 Å². The van der Waals surface area contributed by atoms with Crippen LogP contribution in [-0.2, 0) is 20.3 Å². The van der Waals surface area contributed by atoms with E-state index in [4.69, 9.17) is 9.47 Å². The minimum absolute atomic E-state index is 0.0962. The van der Waals surface area contributed by atoms with Crippen LogP contribution in [0.4, 0.5) is 0 Å². The summed E-state index contributed by atoms with van der Waals surface area (Å²) in [7, 11) is 0. The van der Waals surface area contributed by atoms with E-state index in [1.807, 2.05) is 0 Å². The van der Waals surface area contributed by atoms with Crippen LogP contribution in [0.1, 0.15) is 50.7 Å². The lowest BCUT2D eigenvalue weighted by Crippen LogP contribution is -2.43. The Kier molecular flexibility index (Phi) is 1.87. The van der Waals surface area contributed by atoms with Crippen LogP contribution in [0.5, 0.6) is 0 Å². The van der Waals surface area contributed by atoms with Gasteiger partial charge in [-0.2, -0.15) is 0 Å². The first-order chi connectivity index (χ1) is 12.0. The molecule has 1 heterocycles. The number of fused-ring (bicyclic) bond motifs is 3. The van der Waals surface area contributed by atoms with Gasteiger partial charge in [0.15, 0.2) is 5.79 Å². The molecule has 2 heteroatoms. The normalized spacial score (nSPS) is 46.0. The van der Waals surface area contributed by atoms with Gasteiger partial charge in [0.1, 0.15) is 11.2 Å². The quantitative estimate of drug-likeness (QED) is 0.697. The largest absolute Gasteiger partial charge is 0.341 e. The van der Waals surface area contributed by atoms with Crippen molar-refractivity contribution in [3.8, 4) is 11.1 Å². The summed E-state index contributed by atoms with van der Waals surface area (Å²) in [6.07, 6.45) is 4.48. The smallest absolute Gasteiger partial charge is 0.164 e. The van der Waals surface area contributed by atoms with Gasteiger partial charge in [-0.25, -0.2) is 0 Å². The third kappa shape index (κ3) is 1.14. The lowest BCUT2D eigenvalue weighted by atomic mass is 9.55. The highest BCUT2D eigenvalue weighted by molar-refractivity contribution is 5.80. The second kappa shape index (κ2) is 3.45. The molecular formula is C23H22O2. The second-order valence-corrected chi connectivity index (χ2v) is 9.56. The number of hydrogen-bond acceptors (Lipinski definition) is 2. The summed E-state index contributed by atoms with van der Waals surface area (Å²) in [5, 5.41) is 0. The predicted molar refractivity (Wildman–Crippen MR) is 95.4 cm³/mol. The van der Waals surface area contributed by atoms with Crippen molar-refractivity contribution in [3.63, 3.8) is 0 Å². The molecule has 0 N–H and O–H groups in total. The SMILES string of the molecule is CC1(C)OC23CC45CC2(CC4(C3)c2ccccc2-c2ccccc25)O1. The van der Waals surface area contributed by atoms with Crippen molar-refractivity contribution in [3.05, 3.63) is 59.7 Å². The Bertz CT molecular complexity index is 880. The maximum Gasteiger partial charge on any atom is 0.164 e. The Balaban J connectivity index is 1.59. The highest BCUT2D eigenvalue weighted by Crippen LogP contribution is 2.86. The Morgan fingerprint density at radius 3 is 1.48 bits per heavy atom. The van der Waals surface area contributed by atoms with Gasteiger partial charge in [-0.05, 0) is 61.8 Å². The molecule has 1 aliphatic heterocycles. The number of benzene rings is 2. The summed E-state index contributed by atoms with van der Waals surface area (Å²) in [4.78, 5) is 0. The first kappa shape index (κ1) is 13.5. The lowest BCUT2D eigenvalue weighted by Gasteiger charge is -2.47. The first-order valence-electron chi connectivity index (χ1n) is 9.55. The summed E-state index contributed by atoms with van der Waals surface area (Å²) < 4.78 is 13.4. The molecule has 1 saturated heterocycles. The van der Waals surface area contributed by atoms with Crippen LogP contribution >= 0.6 is 0 Å². The van der Waals surface area contributed by atoms with Gasteiger partial charge in [0.25, 0.3) is 0 Å². The topological polar surface area (TPSA) is 18.5 Å². The van der Waals surface area contributed by atoms with Gasteiger partial charge in [0, 0.05) is 10.8 Å². The van der Waals surface area contributed by atoms with Gasteiger partial charge in [0.2, 0.25) is 0 Å². The summed E-state index contributed by atoms with van der Waals surface area (Å²) in [6.45, 7) is 4.19. The minimum atomic E-state index is -0.449. The monoisotopic (exact) mass is 330 g/mol. The Morgan fingerprint density at radius 1 is 0.640 bits per heavy atom. The molecule has 2 nitrogen and oxygen atoms in total. The van der Waals surface area contributed by atoms with Gasteiger partial charge in [0.05, 0.1) is 0 Å². The van der Waals surface area contributed by atoms with Crippen LogP contribution in [0.3, 0.4) is 0 Å². The van der Waals surface area contributed by atoms with Gasteiger partial charge in [-0.15, -0.1) is 0 Å². The standard InChI is InChI=1S/C23H22O2/c1-19(2)24-22-11-20-12-23(22,25-19)14-21(20,13-22)18-10-6-4-8-16(18)15-7-3-5-9-17(15)20/h3-10H,11-14H2,1-2H3. The molecule has 126 valence electrons. The maximum atomic E-state index is 6.69. The van der Waals surface area contributed by atoms with E-state index < -0.39 is 5.79 Å². The fourth-order valence-electron chi connectivity index (χ4n) is 7.98. The summed E-state index contributed by atoms with van der Waals surface area (Å²) >= 11 is 0. The molecule has 0 unspecified atom stereocenters. The van der Waals surface area contributed by atoms with Gasteiger partial charge in [-0.3, -0.25) is 0 Å². The Labute approximate surface area is 148 Å². The number of ether oxygens (including phenoxy) is 2. The lowest BCUT2D eigenvalue weighted by molar-refractivity contribution is -0.176. The molecule has 4 saturated carbocycles. The fraction of sp³-hybridized carbons (Fsp3) is 0.478. The van der Waals surface area contributed by atoms with E-state index >= 15 is 0 Å². The van der Waals surface area contributed by atoms with E-state index in [1.165, 1.54) is 11.1 Å². The van der Waals surface area contributed by atoms with Gasteiger partial charge < -0.3 is 9.47 Å². The number of rotatable bonds is 0. The van der Waals surface area contributed by atoms with Crippen molar-refractivity contribution in [1.82, 2.24) is 0 Å². The van der Waals surface area contributed by atoms with E-state index in [0.717, 1.165) is 25.7 Å². The average Bonchev–Trinajstić information content (AvgIpc) is 3.22. The van der Waals surface area contributed by atoms with E-state index in [9.17, 15) is 0 Å². The average molecular weight is 330 g/mol. The minimum Gasteiger partial charge on any atom is -0.341 e. The van der Waals surface area contributed by atoms with Crippen molar-refractivity contribution in [2.75, 3.05) is 0 Å². The van der Waals surface area contributed by atoms with Crippen molar-refractivity contribution in [1.29, 1.82) is 0 Å². The highest BCUT2D eigenvalue weighted by Gasteiger charge is 2.90. The van der Waals surface area contributed by atoms with Crippen molar-refractivity contribution in [2.24, 2.45) is 0 Å². The second-order valence-electron chi connectivity index (χ2n) is 9.56. The van der Waals surface area contributed by atoms with E-state index in [1.54, 1.807) is 11.1 Å². The van der Waals surface area contributed by atoms with Crippen molar-refractivity contribution >= 4 is 0 Å². The summed E-state index contributed by atoms with van der Waals surface area (Å²) in [6, 6.07) is 18.2. The maximum absolute atomic E-state index is 6.69. The zero-order valence-electron chi connectivity index (χ0n) is 14.8. The molecule has 2 aromatic carbocycles. The molecule has 4 bridgehead atoms. The molecule has 2 aromatic rings. The highest BCUT2D eigenvalue weighted by atomic mass is 16.8. The summed E-state index contributed by atoms with van der Waals surface area (Å²) in [5.74, 6) is -0.449. The molecule has 5 aliphatic carbocycles. The van der Waals surface area contributed by atoms with Crippen molar-refractivity contribution < 1.29 is 9.47 Å². The zero-order valence-corrected chi connectivity index (χ0v) is 14.8. The molecule has 0 aromatic heterocycles. The third-order valence-electron chi connectivity index (χ3n) is 8.15. The zero-order chi connectivity index (χ0) is 16.7. The Hall–Kier alpha value is -1.64. The van der Waals surface area contributed by atoms with Crippen LogP contribution in [0.2, 0.25) is 0 Å². The molecule has 0 amide bonds. The van der Waals surface area contributed by atoms with E-state index in [-0.39, 0.29) is 22.0 Å². The van der Waals surface area contributed by atoms with E-state index in [2.05, 4.69) is 62.4 Å². The summed E-state index contributed by atoms with van der Waals surface area (Å²) in [5.41, 5.74) is 6.14. The molecular weight excluding hydrogens is 308 g/mol. The molecule has 4 spiro atoms.